The molecule has 1 atom stereocenters. The van der Waals surface area contributed by atoms with Gasteiger partial charge in [0.05, 0.1) is 21.5 Å². The van der Waals surface area contributed by atoms with Crippen LogP contribution in [-0.2, 0) is 19.6 Å². The predicted molar refractivity (Wildman–Crippen MR) is 121 cm³/mol. The van der Waals surface area contributed by atoms with Gasteiger partial charge < -0.3 is 15.7 Å². The normalized spacial score (nSPS) is 16.0. The van der Waals surface area contributed by atoms with Crippen LogP contribution in [0.25, 0.3) is 0 Å². The number of aromatic hydroxyl groups is 1. The van der Waals surface area contributed by atoms with Crippen molar-refractivity contribution >= 4 is 56.6 Å². The quantitative estimate of drug-likeness (QED) is 0.519. The number of phenolic OH excluding ortho intramolecular Hbond substituents is 1. The lowest BCUT2D eigenvalue weighted by Crippen LogP contribution is -2.32. The molecule has 3 N–H and O–H groups in total. The third kappa shape index (κ3) is 5.15. The van der Waals surface area contributed by atoms with Crippen molar-refractivity contribution < 1.29 is 23.1 Å². The first kappa shape index (κ1) is 23.4. The van der Waals surface area contributed by atoms with Gasteiger partial charge in [-0.3, -0.25) is 9.59 Å². The van der Waals surface area contributed by atoms with Gasteiger partial charge in [0.1, 0.15) is 5.75 Å². The zero-order valence-electron chi connectivity index (χ0n) is 16.9. The van der Waals surface area contributed by atoms with E-state index in [9.17, 15) is 23.1 Å². The van der Waals surface area contributed by atoms with Gasteiger partial charge in [0.25, 0.3) is 0 Å². The molecule has 0 radical (unpaired) electrons. The molecule has 1 heterocycles. The summed E-state index contributed by atoms with van der Waals surface area (Å²) in [6, 6.07) is 8.81. The van der Waals surface area contributed by atoms with Gasteiger partial charge in [0, 0.05) is 29.4 Å². The van der Waals surface area contributed by atoms with E-state index in [1.54, 1.807) is 32.0 Å². The Morgan fingerprint density at radius 3 is 2.61 bits per heavy atom. The lowest BCUT2D eigenvalue weighted by molar-refractivity contribution is -0.120. The minimum atomic E-state index is -3.76. The minimum Gasteiger partial charge on any atom is -0.506 e. The number of nitrogens with zero attached hydrogens (tertiary/aromatic N) is 1. The summed E-state index contributed by atoms with van der Waals surface area (Å²) in [5.41, 5.74) is 0.553. The number of halogens is 1. The van der Waals surface area contributed by atoms with E-state index >= 15 is 0 Å². The summed E-state index contributed by atoms with van der Waals surface area (Å²) >= 11 is 7.18. The summed E-state index contributed by atoms with van der Waals surface area (Å²) in [5, 5.41) is 15.1. The van der Waals surface area contributed by atoms with Gasteiger partial charge in [-0.2, -0.15) is 4.31 Å². The highest BCUT2D eigenvalue weighted by molar-refractivity contribution is 8.01. The number of hydrogen-bond donors (Lipinski definition) is 3. The fourth-order valence-corrected chi connectivity index (χ4v) is 5.86. The van der Waals surface area contributed by atoms with Crippen LogP contribution in [0.4, 0.5) is 11.4 Å². The number of nitrogens with one attached hydrogen (secondary N) is 2. The van der Waals surface area contributed by atoms with Crippen LogP contribution >= 0.6 is 23.4 Å². The molecule has 31 heavy (non-hydrogen) atoms. The van der Waals surface area contributed by atoms with E-state index in [4.69, 9.17) is 11.6 Å². The number of hydrogen-bond acceptors (Lipinski definition) is 6. The highest BCUT2D eigenvalue weighted by atomic mass is 35.5. The Bertz CT molecular complexity index is 1120. The second kappa shape index (κ2) is 9.47. The first-order chi connectivity index (χ1) is 14.6. The smallest absolute Gasteiger partial charge is 0.243 e. The highest BCUT2D eigenvalue weighted by Crippen LogP contribution is 2.38. The number of phenols is 1. The fourth-order valence-electron chi connectivity index (χ4n) is 3.11. The van der Waals surface area contributed by atoms with E-state index in [1.807, 2.05) is 0 Å². The van der Waals surface area contributed by atoms with Crippen LogP contribution in [0.15, 0.2) is 46.2 Å². The third-order valence-corrected chi connectivity index (χ3v) is 8.27. The van der Waals surface area contributed by atoms with Gasteiger partial charge in [-0.05, 0) is 36.4 Å². The first-order valence-electron chi connectivity index (χ1n) is 9.55. The Morgan fingerprint density at radius 1 is 1.23 bits per heavy atom. The fraction of sp³-hybridized carbons (Fsp3) is 0.300. The van der Waals surface area contributed by atoms with Crippen molar-refractivity contribution in [2.45, 2.75) is 35.3 Å². The van der Waals surface area contributed by atoms with E-state index < -0.39 is 21.2 Å². The molecule has 166 valence electrons. The predicted octanol–water partition coefficient (Wildman–Crippen LogP) is 3.52. The van der Waals surface area contributed by atoms with Crippen molar-refractivity contribution in [3.8, 4) is 5.75 Å². The molecule has 11 heteroatoms. The van der Waals surface area contributed by atoms with E-state index in [-0.39, 0.29) is 28.7 Å². The topological polar surface area (TPSA) is 116 Å². The summed E-state index contributed by atoms with van der Waals surface area (Å²) in [7, 11) is -3.76. The van der Waals surface area contributed by atoms with Crippen molar-refractivity contribution in [1.82, 2.24) is 4.31 Å². The number of rotatable bonds is 7. The molecular weight excluding hydrogens is 462 g/mol. The van der Waals surface area contributed by atoms with Crippen molar-refractivity contribution in [2.75, 3.05) is 23.7 Å². The molecule has 0 saturated carbocycles. The SMILES string of the molecule is CCN(CC)S(=O)(=O)c1ccc(O)c(NC(=O)C[C@@H]2Sc3ccc(Cl)cc3NC2=O)c1. The zero-order valence-corrected chi connectivity index (χ0v) is 19.3. The third-order valence-electron chi connectivity index (χ3n) is 4.72. The Labute approximate surface area is 190 Å². The number of benzene rings is 2. The van der Waals surface area contributed by atoms with Crippen molar-refractivity contribution in [3.05, 3.63) is 41.4 Å². The highest BCUT2D eigenvalue weighted by Gasteiger charge is 2.30. The number of anilines is 2. The number of sulfonamides is 1. The molecule has 0 aliphatic carbocycles. The Morgan fingerprint density at radius 2 is 1.94 bits per heavy atom. The van der Waals surface area contributed by atoms with Crippen LogP contribution in [0.2, 0.25) is 5.02 Å². The Kier molecular flexibility index (Phi) is 7.15. The number of thioether (sulfide) groups is 1. The molecule has 0 saturated heterocycles. The molecule has 3 rings (SSSR count). The van der Waals surface area contributed by atoms with E-state index in [2.05, 4.69) is 10.6 Å². The summed E-state index contributed by atoms with van der Waals surface area (Å²) in [4.78, 5) is 25.7. The molecule has 0 fully saturated rings. The van der Waals surface area contributed by atoms with Crippen LogP contribution in [0.5, 0.6) is 5.75 Å². The van der Waals surface area contributed by atoms with E-state index in [0.29, 0.717) is 23.8 Å². The second-order valence-electron chi connectivity index (χ2n) is 6.76. The average molecular weight is 484 g/mol. The lowest BCUT2D eigenvalue weighted by atomic mass is 10.2. The molecule has 0 unspecified atom stereocenters. The minimum absolute atomic E-state index is 0.0355. The summed E-state index contributed by atoms with van der Waals surface area (Å²) < 4.78 is 26.7. The number of carbonyl (C=O) groups excluding carboxylic acids is 2. The van der Waals surface area contributed by atoms with Gasteiger partial charge in [0.15, 0.2) is 0 Å². The van der Waals surface area contributed by atoms with Crippen molar-refractivity contribution in [3.63, 3.8) is 0 Å². The van der Waals surface area contributed by atoms with Crippen LogP contribution in [0.3, 0.4) is 0 Å². The lowest BCUT2D eigenvalue weighted by Gasteiger charge is -2.24. The van der Waals surface area contributed by atoms with Gasteiger partial charge in [-0.15, -0.1) is 11.8 Å². The molecule has 2 aromatic rings. The molecule has 0 spiro atoms. The maximum absolute atomic E-state index is 12.7. The molecule has 2 aromatic carbocycles. The van der Waals surface area contributed by atoms with Gasteiger partial charge >= 0.3 is 0 Å². The largest absolute Gasteiger partial charge is 0.506 e. The maximum atomic E-state index is 12.7. The number of carbonyl (C=O) groups is 2. The molecule has 0 bridgehead atoms. The molecule has 1 aliphatic heterocycles. The first-order valence-corrected chi connectivity index (χ1v) is 12.3. The molecule has 0 aromatic heterocycles. The standard InChI is InChI=1S/C20H22ClN3O5S2/c1-3-24(4-2)31(28,29)13-6-7-16(25)14(10-13)22-19(26)11-18-20(27)23-15-9-12(21)5-8-17(15)30-18/h5-10,18,25H,3-4,11H2,1-2H3,(H,22,26)(H,23,27)/t18-/m0/s1. The summed E-state index contributed by atoms with van der Waals surface area (Å²) in [5.74, 6) is -1.14. The zero-order chi connectivity index (χ0) is 22.8. The van der Waals surface area contributed by atoms with Crippen LogP contribution in [0.1, 0.15) is 20.3 Å². The average Bonchev–Trinajstić information content (AvgIpc) is 2.71. The monoisotopic (exact) mass is 483 g/mol. The number of fused-ring (bicyclic) bond motifs is 1. The number of amides is 2. The van der Waals surface area contributed by atoms with Crippen LogP contribution in [0, 0.1) is 0 Å². The Hall–Kier alpha value is -2.27. The molecular formula is C20H22ClN3O5S2. The van der Waals surface area contributed by atoms with Crippen molar-refractivity contribution in [2.24, 2.45) is 0 Å². The summed E-state index contributed by atoms with van der Waals surface area (Å²) in [6.45, 7) is 4.04. The molecule has 8 nitrogen and oxygen atoms in total. The summed E-state index contributed by atoms with van der Waals surface area (Å²) in [6.07, 6.45) is -0.162. The molecule has 1 aliphatic rings. The van der Waals surface area contributed by atoms with Crippen LogP contribution < -0.4 is 10.6 Å². The molecule has 2 amide bonds. The van der Waals surface area contributed by atoms with Crippen molar-refractivity contribution in [1.29, 1.82) is 0 Å². The Balaban J connectivity index is 1.75. The van der Waals surface area contributed by atoms with E-state index in [0.717, 1.165) is 4.90 Å². The van der Waals surface area contributed by atoms with Gasteiger partial charge in [-0.1, -0.05) is 25.4 Å². The maximum Gasteiger partial charge on any atom is 0.243 e. The second-order valence-corrected chi connectivity index (χ2v) is 10.4. The van der Waals surface area contributed by atoms with E-state index in [1.165, 1.54) is 34.3 Å². The van der Waals surface area contributed by atoms with Gasteiger partial charge in [-0.25, -0.2) is 8.42 Å². The van der Waals surface area contributed by atoms with Gasteiger partial charge in [0.2, 0.25) is 21.8 Å². The van der Waals surface area contributed by atoms with Crippen LogP contribution in [-0.4, -0.2) is 48.0 Å².